The van der Waals surface area contributed by atoms with Crippen molar-refractivity contribution in [3.8, 4) is 28.8 Å². The number of nitrogens with zero attached hydrogens (tertiary/aromatic N) is 4. The van der Waals surface area contributed by atoms with Crippen LogP contribution in [-0.2, 0) is 0 Å². The predicted molar refractivity (Wildman–Crippen MR) is 157 cm³/mol. The van der Waals surface area contributed by atoms with E-state index in [4.69, 9.17) is 21.1 Å². The second kappa shape index (κ2) is 11.8. The normalized spacial score (nSPS) is 22.4. The summed E-state index contributed by atoms with van der Waals surface area (Å²) < 4.78 is 39.7. The number of halogens is 3. The fourth-order valence-corrected chi connectivity index (χ4v) is 6.99. The zero-order valence-corrected chi connectivity index (χ0v) is 24.4. The number of hydrogen-bond donors (Lipinski definition) is 1. The quantitative estimate of drug-likeness (QED) is 0.350. The van der Waals surface area contributed by atoms with Crippen LogP contribution in [0, 0.1) is 5.82 Å². The molecular weight excluding hydrogens is 550 g/mol. The Balaban J connectivity index is 0.000000283. The number of methoxy groups -OCH3 is 2. The van der Waals surface area contributed by atoms with Crippen molar-refractivity contribution in [2.24, 2.45) is 0 Å². The number of aromatic nitrogens is 2. The Hall–Kier alpha value is -2.91. The Morgan fingerprint density at radius 3 is 2.44 bits per heavy atom. The van der Waals surface area contributed by atoms with E-state index in [1.807, 2.05) is 6.07 Å². The van der Waals surface area contributed by atoms with E-state index >= 15 is 4.39 Å². The van der Waals surface area contributed by atoms with Crippen molar-refractivity contribution >= 4 is 28.2 Å². The minimum absolute atomic E-state index is 0.0396. The van der Waals surface area contributed by atoms with Crippen LogP contribution in [0.1, 0.15) is 62.8 Å². The fraction of sp³-hybridized carbons (Fsp3) is 0.548. The number of aromatic hydroxyl groups is 1. The lowest BCUT2D eigenvalue weighted by Gasteiger charge is -2.30. The lowest BCUT2D eigenvalue weighted by molar-refractivity contribution is 0.292. The summed E-state index contributed by atoms with van der Waals surface area (Å²) in [6.07, 6.45) is 8.05. The molecule has 0 spiro atoms. The number of rotatable bonds is 5. The van der Waals surface area contributed by atoms with Crippen LogP contribution < -0.4 is 14.4 Å². The van der Waals surface area contributed by atoms with E-state index in [0.29, 0.717) is 34.4 Å². The molecule has 2 unspecified atom stereocenters. The maximum atomic E-state index is 16.1. The van der Waals surface area contributed by atoms with E-state index in [1.54, 1.807) is 0 Å². The molecule has 3 aromatic rings. The van der Waals surface area contributed by atoms with Gasteiger partial charge < -0.3 is 19.5 Å². The molecule has 1 saturated carbocycles. The molecule has 5 heterocycles. The number of fused-ring (bicyclic) bond motifs is 2. The highest BCUT2D eigenvalue weighted by Gasteiger charge is 2.35. The minimum atomic E-state index is -0.582. The summed E-state index contributed by atoms with van der Waals surface area (Å²) >= 11 is 6.45. The van der Waals surface area contributed by atoms with E-state index in [0.717, 1.165) is 63.0 Å². The molecule has 0 radical (unpaired) electrons. The van der Waals surface area contributed by atoms with Crippen molar-refractivity contribution in [3.63, 3.8) is 0 Å². The summed E-state index contributed by atoms with van der Waals surface area (Å²) in [5.74, 6) is 0.216. The van der Waals surface area contributed by atoms with Gasteiger partial charge >= 0.3 is 0 Å². The third kappa shape index (κ3) is 5.63. The van der Waals surface area contributed by atoms with Gasteiger partial charge in [-0.2, -0.15) is 0 Å². The number of piperidine rings is 1. The zero-order chi connectivity index (χ0) is 28.7. The number of anilines is 1. The molecule has 7 nitrogen and oxygen atoms in total. The molecule has 220 valence electrons. The molecule has 0 bridgehead atoms. The van der Waals surface area contributed by atoms with Crippen LogP contribution in [0.4, 0.5) is 14.5 Å². The van der Waals surface area contributed by atoms with Crippen molar-refractivity contribution in [1.82, 2.24) is 14.9 Å². The van der Waals surface area contributed by atoms with Crippen LogP contribution >= 0.6 is 11.6 Å². The Morgan fingerprint density at radius 1 is 0.976 bits per heavy atom. The van der Waals surface area contributed by atoms with Crippen LogP contribution in [0.2, 0.25) is 5.02 Å². The Kier molecular flexibility index (Phi) is 8.10. The summed E-state index contributed by atoms with van der Waals surface area (Å²) in [6.45, 7) is 3.58. The summed E-state index contributed by atoms with van der Waals surface area (Å²) in [6, 6.07) is 5.43. The molecule has 1 N–H and O–H groups in total. The number of phenols is 1. The lowest BCUT2D eigenvalue weighted by Crippen LogP contribution is -2.29. The summed E-state index contributed by atoms with van der Waals surface area (Å²) in [4.78, 5) is 13.5. The van der Waals surface area contributed by atoms with Gasteiger partial charge in [0.1, 0.15) is 23.1 Å². The van der Waals surface area contributed by atoms with Crippen LogP contribution in [0.5, 0.6) is 17.5 Å². The van der Waals surface area contributed by atoms with Crippen molar-refractivity contribution in [2.45, 2.75) is 69.5 Å². The van der Waals surface area contributed by atoms with E-state index in [9.17, 15) is 9.50 Å². The number of phenolic OH excluding ortho intramolecular Hbond substituents is 1. The Bertz CT molecular complexity index is 1420. The average Bonchev–Trinajstić information content (AvgIpc) is 3.61. The van der Waals surface area contributed by atoms with Crippen LogP contribution in [0.25, 0.3) is 22.2 Å². The summed E-state index contributed by atoms with van der Waals surface area (Å²) in [5.41, 5.74) is 2.28. The molecule has 10 heteroatoms. The highest BCUT2D eigenvalue weighted by atomic mass is 35.5. The third-order valence-electron chi connectivity index (χ3n) is 8.73. The van der Waals surface area contributed by atoms with Gasteiger partial charge in [0.2, 0.25) is 11.8 Å². The topological polar surface area (TPSA) is 71.0 Å². The first-order valence-electron chi connectivity index (χ1n) is 14.7. The predicted octanol–water partition coefficient (Wildman–Crippen LogP) is 6.87. The Morgan fingerprint density at radius 2 is 1.76 bits per heavy atom. The third-order valence-corrected chi connectivity index (χ3v) is 9.04. The largest absolute Gasteiger partial charge is 0.508 e. The van der Waals surface area contributed by atoms with E-state index in [1.165, 1.54) is 45.6 Å². The molecule has 1 aromatic carbocycles. The van der Waals surface area contributed by atoms with Gasteiger partial charge in [0.15, 0.2) is 5.82 Å². The number of ether oxygens (including phenoxy) is 2. The number of alkyl halides is 1. The lowest BCUT2D eigenvalue weighted by atomic mass is 9.98. The molecule has 4 fully saturated rings. The highest BCUT2D eigenvalue weighted by molar-refractivity contribution is 6.32. The molecule has 0 amide bonds. The molecule has 7 rings (SSSR count). The molecular formula is C31H37ClF2N4O3. The first-order chi connectivity index (χ1) is 19.9. The van der Waals surface area contributed by atoms with E-state index in [-0.39, 0.29) is 28.8 Å². The monoisotopic (exact) mass is 586 g/mol. The average molecular weight is 587 g/mol. The van der Waals surface area contributed by atoms with Crippen LogP contribution in [0.3, 0.4) is 0 Å². The molecule has 3 aliphatic heterocycles. The smallest absolute Gasteiger partial charge is 0.225 e. The second-order valence-electron chi connectivity index (χ2n) is 11.5. The first kappa shape index (κ1) is 28.2. The summed E-state index contributed by atoms with van der Waals surface area (Å²) in [5, 5.41) is 11.1. The number of hydrogen-bond acceptors (Lipinski definition) is 7. The van der Waals surface area contributed by atoms with Gasteiger partial charge in [-0.3, -0.25) is 4.90 Å². The van der Waals surface area contributed by atoms with Gasteiger partial charge in [0.05, 0.1) is 25.3 Å². The van der Waals surface area contributed by atoms with E-state index < -0.39 is 12.0 Å². The summed E-state index contributed by atoms with van der Waals surface area (Å²) in [7, 11) is 3.04. The molecule has 2 atom stereocenters. The molecule has 41 heavy (non-hydrogen) atoms. The SMILES string of the molecule is COc1cc(N2CCCCC2)c2c(OC)nc(-c3cc(O)cc(Cl)c3C3CC3)c(F)c2n1.FC1CC2CCCN2C1. The second-order valence-corrected chi connectivity index (χ2v) is 11.9. The van der Waals surface area contributed by atoms with Gasteiger partial charge in [0, 0.05) is 42.3 Å². The first-order valence-corrected chi connectivity index (χ1v) is 15.0. The van der Waals surface area contributed by atoms with Crippen molar-refractivity contribution in [2.75, 3.05) is 45.3 Å². The molecule has 2 aromatic heterocycles. The van der Waals surface area contributed by atoms with Gasteiger partial charge in [-0.25, -0.2) is 18.7 Å². The van der Waals surface area contributed by atoms with Gasteiger partial charge in [-0.15, -0.1) is 0 Å². The highest BCUT2D eigenvalue weighted by Crippen LogP contribution is 2.50. The van der Waals surface area contributed by atoms with Crippen molar-refractivity contribution in [1.29, 1.82) is 0 Å². The fourth-order valence-electron chi connectivity index (χ4n) is 6.63. The minimum Gasteiger partial charge on any atom is -0.508 e. The van der Waals surface area contributed by atoms with Gasteiger partial charge in [-0.1, -0.05) is 11.6 Å². The van der Waals surface area contributed by atoms with Crippen molar-refractivity contribution in [3.05, 3.63) is 34.6 Å². The number of benzene rings is 1. The van der Waals surface area contributed by atoms with Crippen LogP contribution in [-0.4, -0.2) is 72.6 Å². The van der Waals surface area contributed by atoms with E-state index in [2.05, 4.69) is 19.8 Å². The Labute approximate surface area is 244 Å². The van der Waals surface area contributed by atoms with Gasteiger partial charge in [-0.05, 0) is 81.5 Å². The maximum absolute atomic E-state index is 16.1. The zero-order valence-electron chi connectivity index (χ0n) is 23.6. The molecule has 1 aliphatic carbocycles. The molecule has 3 saturated heterocycles. The maximum Gasteiger partial charge on any atom is 0.225 e. The molecule has 4 aliphatic rings. The number of pyridine rings is 2. The van der Waals surface area contributed by atoms with Crippen LogP contribution in [0.15, 0.2) is 18.2 Å². The van der Waals surface area contributed by atoms with Crippen molar-refractivity contribution < 1.29 is 23.4 Å². The standard InChI is InChI=1S/C24H25ClFN3O3.C7H12FN/c1-31-18-12-17(29-8-4-3-5-9-29)20-23(27-18)21(26)22(28-24(20)32-2)15-10-14(30)11-16(25)19(15)13-6-7-13;8-6-4-7-2-1-3-9(7)5-6/h10-13,30H,3-9H2,1-2H3;6-7H,1-5H2. The van der Waals surface area contributed by atoms with Gasteiger partial charge in [0.25, 0.3) is 0 Å².